The number of hydrogen-bond acceptors (Lipinski definition) is 2. The molecule has 0 bridgehead atoms. The third kappa shape index (κ3) is 2.97. The lowest BCUT2D eigenvalue weighted by Crippen LogP contribution is -2.33. The van der Waals surface area contributed by atoms with Crippen LogP contribution in [0.2, 0.25) is 0 Å². The van der Waals surface area contributed by atoms with Crippen LogP contribution in [0.15, 0.2) is 36.4 Å². The first-order valence-electron chi connectivity index (χ1n) is 8.90. The maximum atomic E-state index is 12.8. The van der Waals surface area contributed by atoms with E-state index in [4.69, 9.17) is 5.10 Å². The second-order valence-electron chi connectivity index (χ2n) is 8.14. The number of carbonyl (C=O) groups excluding carboxylic acids is 1. The molecule has 126 valence electrons. The molecule has 0 spiro atoms. The monoisotopic (exact) mass is 323 g/mol. The van der Waals surface area contributed by atoms with Crippen molar-refractivity contribution in [3.8, 4) is 0 Å². The summed E-state index contributed by atoms with van der Waals surface area (Å²) in [7, 11) is 0. The molecule has 1 heterocycles. The van der Waals surface area contributed by atoms with E-state index in [0.717, 1.165) is 12.1 Å². The van der Waals surface area contributed by atoms with Crippen LogP contribution >= 0.6 is 0 Å². The van der Waals surface area contributed by atoms with Crippen molar-refractivity contribution in [2.75, 3.05) is 0 Å². The van der Waals surface area contributed by atoms with Gasteiger partial charge in [-0.1, -0.05) is 30.3 Å². The molecule has 2 saturated carbocycles. The lowest BCUT2D eigenvalue weighted by molar-refractivity contribution is 0.0932. The summed E-state index contributed by atoms with van der Waals surface area (Å²) in [5, 5.41) is 7.93. The summed E-state index contributed by atoms with van der Waals surface area (Å²) in [6.07, 6.45) is 3.41. The largest absolute Gasteiger partial charge is 0.347 e. The second-order valence-corrected chi connectivity index (χ2v) is 8.14. The Balaban J connectivity index is 1.51. The van der Waals surface area contributed by atoms with Gasteiger partial charge in [0.15, 0.2) is 0 Å². The Labute approximate surface area is 143 Å². The molecule has 2 fully saturated rings. The van der Waals surface area contributed by atoms with Gasteiger partial charge in [0.25, 0.3) is 5.91 Å². The zero-order chi connectivity index (χ0) is 16.9. The van der Waals surface area contributed by atoms with E-state index in [-0.39, 0.29) is 17.5 Å². The topological polar surface area (TPSA) is 46.9 Å². The van der Waals surface area contributed by atoms with Crippen molar-refractivity contribution in [1.82, 2.24) is 15.1 Å². The molecule has 0 aliphatic heterocycles. The summed E-state index contributed by atoms with van der Waals surface area (Å²) in [4.78, 5) is 12.8. The van der Waals surface area contributed by atoms with Gasteiger partial charge in [0.2, 0.25) is 0 Å². The van der Waals surface area contributed by atoms with E-state index in [1.165, 1.54) is 18.4 Å². The first-order valence-corrected chi connectivity index (χ1v) is 8.90. The van der Waals surface area contributed by atoms with Crippen LogP contribution in [-0.4, -0.2) is 21.7 Å². The van der Waals surface area contributed by atoms with Crippen molar-refractivity contribution in [2.45, 2.75) is 63.5 Å². The molecule has 4 heteroatoms. The summed E-state index contributed by atoms with van der Waals surface area (Å²) in [5.41, 5.74) is 2.89. The van der Waals surface area contributed by atoms with E-state index in [0.29, 0.717) is 17.5 Å². The SMILES string of the molecule is CC(C)(C)n1nc(C2CC2)cc1C(=O)NC1CC1c1ccccc1. The molecular formula is C20H25N3O. The maximum absolute atomic E-state index is 12.8. The highest BCUT2D eigenvalue weighted by Gasteiger charge is 2.40. The molecule has 1 N–H and O–H groups in total. The Kier molecular flexibility index (Phi) is 3.52. The Morgan fingerprint density at radius 1 is 1.21 bits per heavy atom. The third-order valence-electron chi connectivity index (χ3n) is 4.93. The van der Waals surface area contributed by atoms with Crippen LogP contribution in [0.3, 0.4) is 0 Å². The van der Waals surface area contributed by atoms with Crippen molar-refractivity contribution >= 4 is 5.91 Å². The number of rotatable bonds is 4. The Morgan fingerprint density at radius 2 is 1.92 bits per heavy atom. The summed E-state index contributed by atoms with van der Waals surface area (Å²) < 4.78 is 1.90. The molecule has 2 aliphatic carbocycles. The van der Waals surface area contributed by atoms with E-state index in [2.05, 4.69) is 50.4 Å². The Hall–Kier alpha value is -2.10. The minimum atomic E-state index is -0.192. The van der Waals surface area contributed by atoms with Crippen LogP contribution in [0.25, 0.3) is 0 Å². The van der Waals surface area contributed by atoms with Gasteiger partial charge >= 0.3 is 0 Å². The van der Waals surface area contributed by atoms with Gasteiger partial charge in [0.05, 0.1) is 11.2 Å². The van der Waals surface area contributed by atoms with Crippen LogP contribution < -0.4 is 5.32 Å². The second kappa shape index (κ2) is 5.47. The van der Waals surface area contributed by atoms with Crippen LogP contribution in [0.4, 0.5) is 0 Å². The lowest BCUT2D eigenvalue weighted by Gasteiger charge is -2.22. The zero-order valence-electron chi connectivity index (χ0n) is 14.6. The van der Waals surface area contributed by atoms with Gasteiger partial charge in [-0.3, -0.25) is 9.48 Å². The predicted octanol–water partition coefficient (Wildman–Crippen LogP) is 3.80. The quantitative estimate of drug-likeness (QED) is 0.930. The van der Waals surface area contributed by atoms with E-state index < -0.39 is 0 Å². The maximum Gasteiger partial charge on any atom is 0.269 e. The lowest BCUT2D eigenvalue weighted by atomic mass is 10.1. The highest BCUT2D eigenvalue weighted by atomic mass is 16.2. The number of benzene rings is 1. The summed E-state index contributed by atoms with van der Waals surface area (Å²) >= 11 is 0. The molecule has 0 radical (unpaired) electrons. The number of nitrogens with zero attached hydrogens (tertiary/aromatic N) is 2. The van der Waals surface area contributed by atoms with Crippen LogP contribution in [0.5, 0.6) is 0 Å². The first-order chi connectivity index (χ1) is 11.4. The average Bonchev–Trinajstić information content (AvgIpc) is 3.46. The summed E-state index contributed by atoms with van der Waals surface area (Å²) in [5.74, 6) is 1.01. The van der Waals surface area contributed by atoms with Gasteiger partial charge in [-0.05, 0) is 51.7 Å². The number of aromatic nitrogens is 2. The molecule has 2 unspecified atom stereocenters. The Morgan fingerprint density at radius 3 is 2.54 bits per heavy atom. The summed E-state index contributed by atoms with van der Waals surface area (Å²) in [6.45, 7) is 6.28. The highest BCUT2D eigenvalue weighted by molar-refractivity contribution is 5.93. The molecule has 2 aromatic rings. The van der Waals surface area contributed by atoms with Crippen LogP contribution in [0, 0.1) is 0 Å². The smallest absolute Gasteiger partial charge is 0.269 e. The van der Waals surface area contributed by atoms with E-state index in [1.54, 1.807) is 0 Å². The van der Waals surface area contributed by atoms with E-state index in [9.17, 15) is 4.79 Å². The van der Waals surface area contributed by atoms with Gasteiger partial charge in [-0.15, -0.1) is 0 Å². The molecule has 24 heavy (non-hydrogen) atoms. The number of nitrogens with one attached hydrogen (secondary N) is 1. The first kappa shape index (κ1) is 15.4. The molecule has 2 aliphatic rings. The fourth-order valence-corrected chi connectivity index (χ4v) is 3.32. The summed E-state index contributed by atoms with van der Waals surface area (Å²) in [6, 6.07) is 12.7. The third-order valence-corrected chi connectivity index (χ3v) is 4.93. The van der Waals surface area contributed by atoms with Gasteiger partial charge in [0, 0.05) is 17.9 Å². The van der Waals surface area contributed by atoms with E-state index in [1.807, 2.05) is 16.8 Å². The van der Waals surface area contributed by atoms with Crippen molar-refractivity contribution in [3.63, 3.8) is 0 Å². The average molecular weight is 323 g/mol. The number of amides is 1. The minimum Gasteiger partial charge on any atom is -0.347 e. The number of carbonyl (C=O) groups is 1. The van der Waals surface area contributed by atoms with Gasteiger partial charge < -0.3 is 5.32 Å². The van der Waals surface area contributed by atoms with Gasteiger partial charge in [-0.25, -0.2) is 0 Å². The van der Waals surface area contributed by atoms with Crippen molar-refractivity contribution in [2.24, 2.45) is 0 Å². The predicted molar refractivity (Wildman–Crippen MR) is 94.3 cm³/mol. The molecule has 1 aromatic heterocycles. The van der Waals surface area contributed by atoms with Crippen molar-refractivity contribution < 1.29 is 4.79 Å². The van der Waals surface area contributed by atoms with Crippen LogP contribution in [-0.2, 0) is 5.54 Å². The van der Waals surface area contributed by atoms with Crippen LogP contribution in [0.1, 0.15) is 73.6 Å². The molecular weight excluding hydrogens is 298 g/mol. The standard InChI is InChI=1S/C20H25N3O/c1-20(2,3)23-18(12-16(22-23)14-9-10-14)19(24)21-17-11-15(17)13-7-5-4-6-8-13/h4-8,12,14-15,17H,9-11H2,1-3H3,(H,21,24). The zero-order valence-corrected chi connectivity index (χ0v) is 14.6. The molecule has 4 nitrogen and oxygen atoms in total. The molecule has 1 aromatic carbocycles. The van der Waals surface area contributed by atoms with Gasteiger partial charge in [-0.2, -0.15) is 5.10 Å². The molecule has 1 amide bonds. The van der Waals surface area contributed by atoms with Crippen molar-refractivity contribution in [1.29, 1.82) is 0 Å². The molecule has 0 saturated heterocycles. The fraction of sp³-hybridized carbons (Fsp3) is 0.500. The highest BCUT2D eigenvalue weighted by Crippen LogP contribution is 2.42. The molecule has 2 atom stereocenters. The normalized spacial score (nSPS) is 23.1. The van der Waals surface area contributed by atoms with Gasteiger partial charge in [0.1, 0.15) is 5.69 Å². The van der Waals surface area contributed by atoms with Crippen molar-refractivity contribution in [3.05, 3.63) is 53.3 Å². The minimum absolute atomic E-state index is 0.00718. The fourth-order valence-electron chi connectivity index (χ4n) is 3.32. The number of hydrogen-bond donors (Lipinski definition) is 1. The Bertz CT molecular complexity index is 753. The van der Waals surface area contributed by atoms with E-state index >= 15 is 0 Å². The molecule has 4 rings (SSSR count).